The van der Waals surface area contributed by atoms with Crippen LogP contribution in [0.5, 0.6) is 0 Å². The van der Waals surface area contributed by atoms with Crippen molar-refractivity contribution in [3.63, 3.8) is 0 Å². The highest BCUT2D eigenvalue weighted by Crippen LogP contribution is 2.31. The number of hydrogen-bond donors (Lipinski definition) is 1. The number of nitrogens with one attached hydrogen (secondary N) is 1. The fraction of sp³-hybridized carbons (Fsp3) is 0.375. The summed E-state index contributed by atoms with van der Waals surface area (Å²) >= 11 is 2.72. The molecule has 1 fully saturated rings. The average Bonchev–Trinajstić information content (AvgIpc) is 3.34. The zero-order chi connectivity index (χ0) is 17.2. The van der Waals surface area contributed by atoms with E-state index in [0.717, 1.165) is 29.2 Å². The van der Waals surface area contributed by atoms with Gasteiger partial charge in [0.05, 0.1) is 10.1 Å². The van der Waals surface area contributed by atoms with Crippen molar-refractivity contribution in [3.05, 3.63) is 39.6 Å². The fourth-order valence-electron chi connectivity index (χ4n) is 2.74. The molecular weight excluding hydrogens is 360 g/mol. The summed E-state index contributed by atoms with van der Waals surface area (Å²) in [6, 6.07) is 7.45. The molecule has 0 radical (unpaired) electrons. The van der Waals surface area contributed by atoms with Gasteiger partial charge in [-0.15, -0.1) is 10.2 Å². The molecule has 0 spiro atoms. The molecule has 1 amide bonds. The van der Waals surface area contributed by atoms with Gasteiger partial charge in [0.1, 0.15) is 11.1 Å². The Balaban J connectivity index is 1.37. The molecule has 0 saturated carbocycles. The second-order valence-corrected chi connectivity index (χ2v) is 7.81. The van der Waals surface area contributed by atoms with E-state index in [1.165, 1.54) is 22.9 Å². The SMILES string of the molecule is O=C(CCn1sc2ccccc2c1=O)Nc1nnc(C2CCCO2)s1. The third kappa shape index (κ3) is 3.48. The topological polar surface area (TPSA) is 86.1 Å². The second kappa shape index (κ2) is 7.03. The number of rotatable bonds is 5. The molecule has 1 aromatic carbocycles. The summed E-state index contributed by atoms with van der Waals surface area (Å²) in [5.74, 6) is -0.181. The smallest absolute Gasteiger partial charge is 0.268 e. The molecule has 1 unspecified atom stereocenters. The molecule has 3 aromatic rings. The summed E-state index contributed by atoms with van der Waals surface area (Å²) in [7, 11) is 0. The normalized spacial score (nSPS) is 17.2. The van der Waals surface area contributed by atoms with Gasteiger partial charge in [0.15, 0.2) is 0 Å². The summed E-state index contributed by atoms with van der Waals surface area (Å²) in [6.07, 6.45) is 2.18. The van der Waals surface area contributed by atoms with Gasteiger partial charge >= 0.3 is 0 Å². The second-order valence-electron chi connectivity index (χ2n) is 5.74. The monoisotopic (exact) mass is 376 g/mol. The number of aromatic nitrogens is 3. The minimum Gasteiger partial charge on any atom is -0.371 e. The molecule has 1 aliphatic rings. The molecule has 1 N–H and O–H groups in total. The van der Waals surface area contributed by atoms with Crippen molar-refractivity contribution in [1.82, 2.24) is 14.2 Å². The van der Waals surface area contributed by atoms with Crippen LogP contribution in [0.15, 0.2) is 29.1 Å². The summed E-state index contributed by atoms with van der Waals surface area (Å²) in [5, 5.41) is 12.8. The Morgan fingerprint density at radius 3 is 3.04 bits per heavy atom. The summed E-state index contributed by atoms with van der Waals surface area (Å²) < 4.78 is 8.11. The van der Waals surface area contributed by atoms with Crippen LogP contribution in [0.25, 0.3) is 10.1 Å². The molecule has 4 rings (SSSR count). The van der Waals surface area contributed by atoms with Crippen LogP contribution in [-0.4, -0.2) is 26.7 Å². The van der Waals surface area contributed by atoms with E-state index in [4.69, 9.17) is 4.74 Å². The molecular formula is C16H16N4O3S2. The quantitative estimate of drug-likeness (QED) is 0.740. The molecule has 9 heteroatoms. The Labute approximate surface area is 151 Å². The predicted molar refractivity (Wildman–Crippen MR) is 97.2 cm³/mol. The number of fused-ring (bicyclic) bond motifs is 1. The van der Waals surface area contributed by atoms with Gasteiger partial charge in [-0.3, -0.25) is 13.5 Å². The Bertz CT molecular complexity index is 956. The minimum absolute atomic E-state index is 0.000257. The minimum atomic E-state index is -0.181. The first-order chi connectivity index (χ1) is 12.2. The van der Waals surface area contributed by atoms with Crippen LogP contribution in [0.2, 0.25) is 0 Å². The lowest BCUT2D eigenvalue weighted by Crippen LogP contribution is -2.18. The van der Waals surface area contributed by atoms with Gasteiger partial charge in [-0.2, -0.15) is 0 Å². The highest BCUT2D eigenvalue weighted by molar-refractivity contribution is 7.15. The molecule has 1 atom stereocenters. The number of ether oxygens (including phenoxy) is 1. The summed E-state index contributed by atoms with van der Waals surface area (Å²) in [6.45, 7) is 1.09. The number of hydrogen-bond acceptors (Lipinski definition) is 7. The number of nitrogens with zero attached hydrogens (tertiary/aromatic N) is 3. The number of carbonyl (C=O) groups excluding carboxylic acids is 1. The first-order valence-corrected chi connectivity index (χ1v) is 9.63. The van der Waals surface area contributed by atoms with E-state index in [0.29, 0.717) is 17.1 Å². The largest absolute Gasteiger partial charge is 0.371 e. The Hall–Kier alpha value is -2.10. The Kier molecular flexibility index (Phi) is 4.60. The van der Waals surface area contributed by atoms with Crippen LogP contribution in [0.1, 0.15) is 30.4 Å². The lowest BCUT2D eigenvalue weighted by atomic mass is 10.2. The zero-order valence-corrected chi connectivity index (χ0v) is 14.9. The molecule has 7 nitrogen and oxygen atoms in total. The van der Waals surface area contributed by atoms with Gasteiger partial charge in [0, 0.05) is 19.6 Å². The van der Waals surface area contributed by atoms with Crippen molar-refractivity contribution >= 4 is 44.0 Å². The maximum absolute atomic E-state index is 12.3. The Morgan fingerprint density at radius 2 is 2.24 bits per heavy atom. The van der Waals surface area contributed by atoms with Crippen molar-refractivity contribution in [2.24, 2.45) is 0 Å². The molecule has 1 aliphatic heterocycles. The van der Waals surface area contributed by atoms with Crippen molar-refractivity contribution in [3.8, 4) is 0 Å². The van der Waals surface area contributed by atoms with Gasteiger partial charge in [0.25, 0.3) is 5.56 Å². The van der Waals surface area contributed by atoms with E-state index < -0.39 is 0 Å². The molecule has 1 saturated heterocycles. The molecule has 130 valence electrons. The van der Waals surface area contributed by atoms with E-state index in [9.17, 15) is 9.59 Å². The molecule has 0 aliphatic carbocycles. The third-order valence-corrected chi connectivity index (χ3v) is 6.04. The first kappa shape index (κ1) is 16.4. The number of amides is 1. The molecule has 0 bridgehead atoms. The van der Waals surface area contributed by atoms with Crippen LogP contribution in [0.3, 0.4) is 0 Å². The standard InChI is InChI=1S/C16H16N4O3S2/c21-13(17-16-19-18-14(24-16)11-5-3-9-23-11)7-8-20-15(22)10-4-1-2-6-12(10)25-20/h1-2,4,6,11H,3,5,7-9H2,(H,17,19,21). The summed E-state index contributed by atoms with van der Waals surface area (Å²) in [4.78, 5) is 24.4. The predicted octanol–water partition coefficient (Wildman–Crippen LogP) is 2.79. The van der Waals surface area contributed by atoms with Crippen LogP contribution < -0.4 is 10.9 Å². The van der Waals surface area contributed by atoms with Gasteiger partial charge in [-0.05, 0) is 25.0 Å². The van der Waals surface area contributed by atoms with E-state index in [1.807, 2.05) is 18.2 Å². The maximum Gasteiger partial charge on any atom is 0.268 e. The zero-order valence-electron chi connectivity index (χ0n) is 13.3. The lowest BCUT2D eigenvalue weighted by molar-refractivity contribution is -0.116. The van der Waals surface area contributed by atoms with Crippen LogP contribution in [-0.2, 0) is 16.1 Å². The van der Waals surface area contributed by atoms with Crippen LogP contribution in [0.4, 0.5) is 5.13 Å². The van der Waals surface area contributed by atoms with Crippen molar-refractivity contribution in [1.29, 1.82) is 0 Å². The van der Waals surface area contributed by atoms with Gasteiger partial charge in [-0.1, -0.05) is 35.0 Å². The van der Waals surface area contributed by atoms with Gasteiger partial charge < -0.3 is 10.1 Å². The maximum atomic E-state index is 12.3. The number of aryl methyl sites for hydroxylation is 1. The molecule has 2 aromatic heterocycles. The van der Waals surface area contributed by atoms with E-state index >= 15 is 0 Å². The number of anilines is 1. The fourth-order valence-corrected chi connectivity index (χ4v) is 4.58. The lowest BCUT2D eigenvalue weighted by Gasteiger charge is -2.02. The van der Waals surface area contributed by atoms with Crippen molar-refractivity contribution in [2.75, 3.05) is 11.9 Å². The van der Waals surface area contributed by atoms with E-state index in [1.54, 1.807) is 10.0 Å². The number of benzene rings is 1. The van der Waals surface area contributed by atoms with Crippen LogP contribution in [0, 0.1) is 0 Å². The van der Waals surface area contributed by atoms with Crippen LogP contribution >= 0.6 is 22.9 Å². The summed E-state index contributed by atoms with van der Waals surface area (Å²) in [5.41, 5.74) is -0.0509. The third-order valence-electron chi connectivity index (χ3n) is 3.99. The average molecular weight is 376 g/mol. The molecule has 25 heavy (non-hydrogen) atoms. The highest BCUT2D eigenvalue weighted by atomic mass is 32.1. The molecule has 3 heterocycles. The highest BCUT2D eigenvalue weighted by Gasteiger charge is 2.22. The Morgan fingerprint density at radius 1 is 1.36 bits per heavy atom. The first-order valence-electron chi connectivity index (χ1n) is 8.04. The van der Waals surface area contributed by atoms with Gasteiger partial charge in [0.2, 0.25) is 11.0 Å². The van der Waals surface area contributed by atoms with Crippen molar-refractivity contribution in [2.45, 2.75) is 31.9 Å². The number of carbonyl (C=O) groups is 1. The van der Waals surface area contributed by atoms with E-state index in [2.05, 4.69) is 15.5 Å². The van der Waals surface area contributed by atoms with Crippen molar-refractivity contribution < 1.29 is 9.53 Å². The van der Waals surface area contributed by atoms with E-state index in [-0.39, 0.29) is 24.0 Å². The van der Waals surface area contributed by atoms with Gasteiger partial charge in [-0.25, -0.2) is 0 Å².